The number of nitrogens with zero attached hydrogens (tertiary/aromatic N) is 2. The van der Waals surface area contributed by atoms with Crippen molar-refractivity contribution >= 4 is 17.7 Å². The number of amides is 3. The topological polar surface area (TPSA) is 69.7 Å². The molecular formula is C31H30FN3O3. The number of imide groups is 1. The third-order valence-electron chi connectivity index (χ3n) is 8.15. The summed E-state index contributed by atoms with van der Waals surface area (Å²) in [5, 5.41) is 2.33. The van der Waals surface area contributed by atoms with E-state index in [1.807, 2.05) is 18.2 Å². The third-order valence-corrected chi connectivity index (χ3v) is 8.15. The molecule has 6 nitrogen and oxygen atoms in total. The highest BCUT2D eigenvalue weighted by Gasteiger charge is 2.41. The molecule has 3 heterocycles. The number of halogens is 1. The first-order chi connectivity index (χ1) is 18.5. The van der Waals surface area contributed by atoms with Gasteiger partial charge in [-0.15, -0.1) is 0 Å². The van der Waals surface area contributed by atoms with Crippen LogP contribution in [0.3, 0.4) is 0 Å². The summed E-state index contributed by atoms with van der Waals surface area (Å²) in [4.78, 5) is 41.1. The summed E-state index contributed by atoms with van der Waals surface area (Å²) in [6.07, 6.45) is 2.26. The molecule has 6 rings (SSSR count). The first-order valence-electron chi connectivity index (χ1n) is 13.3. The minimum Gasteiger partial charge on any atom is -0.322 e. The third kappa shape index (κ3) is 4.74. The quantitative estimate of drug-likeness (QED) is 0.507. The van der Waals surface area contributed by atoms with Gasteiger partial charge in [0.05, 0.1) is 0 Å². The van der Waals surface area contributed by atoms with Crippen LogP contribution < -0.4 is 5.32 Å². The molecule has 1 unspecified atom stereocenters. The van der Waals surface area contributed by atoms with Gasteiger partial charge >= 0.3 is 0 Å². The van der Waals surface area contributed by atoms with Crippen molar-refractivity contribution in [1.82, 2.24) is 15.1 Å². The van der Waals surface area contributed by atoms with Gasteiger partial charge in [-0.3, -0.25) is 24.6 Å². The molecule has 2 saturated heterocycles. The lowest BCUT2D eigenvalue weighted by Gasteiger charge is -2.33. The first-order valence-corrected chi connectivity index (χ1v) is 13.3. The maximum absolute atomic E-state index is 14.7. The largest absolute Gasteiger partial charge is 0.322 e. The smallest absolute Gasteiger partial charge is 0.255 e. The average molecular weight is 512 g/mol. The van der Waals surface area contributed by atoms with E-state index in [2.05, 4.69) is 46.6 Å². The van der Waals surface area contributed by atoms with Gasteiger partial charge in [0.15, 0.2) is 0 Å². The fraction of sp³-hybridized carbons (Fsp3) is 0.323. The summed E-state index contributed by atoms with van der Waals surface area (Å²) in [6, 6.07) is 21.2. The Kier molecular flexibility index (Phi) is 6.54. The highest BCUT2D eigenvalue weighted by Crippen LogP contribution is 2.38. The summed E-state index contributed by atoms with van der Waals surface area (Å²) in [7, 11) is 0. The van der Waals surface area contributed by atoms with Crippen molar-refractivity contribution in [1.29, 1.82) is 0 Å². The number of carbonyl (C=O) groups excluding carboxylic acids is 3. The molecule has 3 aromatic carbocycles. The van der Waals surface area contributed by atoms with Crippen LogP contribution in [0.2, 0.25) is 0 Å². The van der Waals surface area contributed by atoms with E-state index < -0.39 is 17.8 Å². The number of fused-ring (bicyclic) bond motifs is 1. The van der Waals surface area contributed by atoms with Crippen molar-refractivity contribution in [3.8, 4) is 11.1 Å². The van der Waals surface area contributed by atoms with Gasteiger partial charge in [-0.25, -0.2) is 4.39 Å². The van der Waals surface area contributed by atoms with Gasteiger partial charge < -0.3 is 4.90 Å². The van der Waals surface area contributed by atoms with Gasteiger partial charge in [-0.1, -0.05) is 54.6 Å². The van der Waals surface area contributed by atoms with Crippen molar-refractivity contribution in [3.05, 3.63) is 94.8 Å². The van der Waals surface area contributed by atoms with E-state index >= 15 is 0 Å². The lowest BCUT2D eigenvalue weighted by Crippen LogP contribution is -2.52. The molecule has 1 atom stereocenters. The van der Waals surface area contributed by atoms with E-state index in [-0.39, 0.29) is 30.7 Å². The van der Waals surface area contributed by atoms with Crippen LogP contribution in [0.1, 0.15) is 58.6 Å². The fourth-order valence-corrected chi connectivity index (χ4v) is 6.11. The molecule has 0 bridgehead atoms. The second-order valence-corrected chi connectivity index (χ2v) is 10.5. The van der Waals surface area contributed by atoms with E-state index in [0.29, 0.717) is 12.0 Å². The Labute approximate surface area is 221 Å². The predicted molar refractivity (Wildman–Crippen MR) is 142 cm³/mol. The Morgan fingerprint density at radius 1 is 0.868 bits per heavy atom. The number of hydrogen-bond acceptors (Lipinski definition) is 4. The maximum Gasteiger partial charge on any atom is 0.255 e. The molecule has 3 amide bonds. The lowest BCUT2D eigenvalue weighted by atomic mass is 9.85. The molecular weight excluding hydrogens is 481 g/mol. The van der Waals surface area contributed by atoms with Crippen LogP contribution in [0.25, 0.3) is 11.1 Å². The molecule has 3 aromatic rings. The van der Waals surface area contributed by atoms with E-state index in [1.165, 1.54) is 27.7 Å². The van der Waals surface area contributed by atoms with E-state index in [0.717, 1.165) is 43.6 Å². The first kappa shape index (κ1) is 24.5. The summed E-state index contributed by atoms with van der Waals surface area (Å²) in [5.74, 6) is -1.36. The van der Waals surface area contributed by atoms with Crippen LogP contribution in [0, 0.1) is 5.82 Å². The second kappa shape index (κ2) is 10.1. The van der Waals surface area contributed by atoms with Crippen LogP contribution >= 0.6 is 0 Å². The van der Waals surface area contributed by atoms with Gasteiger partial charge in [0.25, 0.3) is 5.91 Å². The monoisotopic (exact) mass is 511 g/mol. The molecule has 0 spiro atoms. The molecule has 194 valence electrons. The number of carbonyl (C=O) groups is 3. The minimum atomic E-state index is -0.696. The van der Waals surface area contributed by atoms with Gasteiger partial charge in [-0.2, -0.15) is 0 Å². The van der Waals surface area contributed by atoms with Crippen molar-refractivity contribution in [2.45, 2.75) is 50.7 Å². The number of likely N-dealkylation sites (tertiary alicyclic amines) is 1. The number of rotatable bonds is 5. The highest BCUT2D eigenvalue weighted by molar-refractivity contribution is 6.05. The van der Waals surface area contributed by atoms with E-state index in [9.17, 15) is 18.8 Å². The summed E-state index contributed by atoms with van der Waals surface area (Å²) in [5.41, 5.74) is 5.74. The Hall–Kier alpha value is -3.84. The lowest BCUT2D eigenvalue weighted by molar-refractivity contribution is -0.136. The molecule has 2 fully saturated rings. The second-order valence-electron chi connectivity index (χ2n) is 10.5. The van der Waals surface area contributed by atoms with Gasteiger partial charge in [0, 0.05) is 25.1 Å². The molecule has 3 aliphatic heterocycles. The zero-order valence-electron chi connectivity index (χ0n) is 21.2. The Bertz CT molecular complexity index is 1380. The van der Waals surface area contributed by atoms with Crippen LogP contribution in [0.15, 0.2) is 66.7 Å². The molecule has 38 heavy (non-hydrogen) atoms. The Morgan fingerprint density at radius 2 is 1.58 bits per heavy atom. The molecule has 0 aliphatic carbocycles. The van der Waals surface area contributed by atoms with E-state index in [4.69, 9.17) is 0 Å². The molecule has 0 saturated carbocycles. The average Bonchev–Trinajstić information content (AvgIpc) is 3.25. The molecule has 3 aliphatic rings. The molecule has 7 heteroatoms. The zero-order valence-corrected chi connectivity index (χ0v) is 21.2. The van der Waals surface area contributed by atoms with Crippen LogP contribution in [-0.2, 0) is 22.7 Å². The summed E-state index contributed by atoms with van der Waals surface area (Å²) >= 11 is 0. The molecule has 1 N–H and O–H groups in total. The number of benzene rings is 3. The van der Waals surface area contributed by atoms with Crippen LogP contribution in [-0.4, -0.2) is 46.7 Å². The SMILES string of the molecule is O=C1CCC(N2Cc3c(cc(F)cc3C3CCN(Cc4ccc(-c5ccccc5)cc4)CC3)C2=O)C(=O)N1. The normalized spacial score (nSPS) is 20.5. The predicted octanol–water partition coefficient (Wildman–Crippen LogP) is 4.63. The summed E-state index contributed by atoms with van der Waals surface area (Å²) in [6.45, 7) is 2.93. The number of piperidine rings is 2. The standard InChI is InChI=1S/C31H30FN3O3/c32-24-16-25(27-19-35(31(38)26(27)17-24)28-10-11-29(36)33-30(28)37)23-12-14-34(15-13-23)18-20-6-8-22(9-7-20)21-4-2-1-3-5-21/h1-9,16-17,23,28H,10-15,18-19H2,(H,33,36,37). The van der Waals surface area contributed by atoms with Crippen LogP contribution in [0.5, 0.6) is 0 Å². The van der Waals surface area contributed by atoms with Crippen LogP contribution in [0.4, 0.5) is 4.39 Å². The molecule has 0 radical (unpaired) electrons. The summed E-state index contributed by atoms with van der Waals surface area (Å²) < 4.78 is 14.7. The van der Waals surface area contributed by atoms with Gasteiger partial charge in [0.2, 0.25) is 11.8 Å². The fourth-order valence-electron chi connectivity index (χ4n) is 6.11. The zero-order chi connectivity index (χ0) is 26.2. The maximum atomic E-state index is 14.7. The van der Waals surface area contributed by atoms with Crippen molar-refractivity contribution < 1.29 is 18.8 Å². The van der Waals surface area contributed by atoms with Crippen molar-refractivity contribution in [2.75, 3.05) is 13.1 Å². The van der Waals surface area contributed by atoms with Crippen molar-refractivity contribution in [3.63, 3.8) is 0 Å². The van der Waals surface area contributed by atoms with Gasteiger partial charge in [-0.05, 0) is 78.2 Å². The van der Waals surface area contributed by atoms with Crippen molar-refractivity contribution in [2.24, 2.45) is 0 Å². The Balaban J connectivity index is 1.12. The highest BCUT2D eigenvalue weighted by atomic mass is 19.1. The number of hydrogen-bond donors (Lipinski definition) is 1. The van der Waals surface area contributed by atoms with E-state index in [1.54, 1.807) is 6.07 Å². The molecule has 0 aromatic heterocycles. The van der Waals surface area contributed by atoms with Gasteiger partial charge in [0.1, 0.15) is 11.9 Å². The number of nitrogens with one attached hydrogen (secondary N) is 1. The minimum absolute atomic E-state index is 0.158. The Morgan fingerprint density at radius 3 is 2.29 bits per heavy atom.